The number of nitrogens with one attached hydrogen (secondary N) is 2. The average molecular weight is 479 g/mol. The van der Waals surface area contributed by atoms with E-state index in [1.54, 1.807) is 12.1 Å². The molecule has 0 heterocycles. The summed E-state index contributed by atoms with van der Waals surface area (Å²) in [6, 6.07) is 12.8. The Bertz CT molecular complexity index is 812. The van der Waals surface area contributed by atoms with Crippen molar-refractivity contribution in [3.8, 4) is 11.5 Å². The third-order valence-corrected chi connectivity index (χ3v) is 4.79. The van der Waals surface area contributed by atoms with Gasteiger partial charge in [0.05, 0.1) is 18.8 Å². The minimum atomic E-state index is -0.334. The van der Waals surface area contributed by atoms with Crippen LogP contribution in [0.4, 0.5) is 5.69 Å². The zero-order valence-electron chi connectivity index (χ0n) is 16.8. The van der Waals surface area contributed by atoms with E-state index in [2.05, 4.69) is 33.5 Å². The molecule has 0 aromatic heterocycles. The molecule has 0 radical (unpaired) electrons. The maximum atomic E-state index is 12.6. The van der Waals surface area contributed by atoms with Crippen LogP contribution in [0.3, 0.4) is 0 Å². The lowest BCUT2D eigenvalue weighted by Crippen LogP contribution is -2.34. The van der Waals surface area contributed by atoms with E-state index in [0.717, 1.165) is 28.9 Å². The van der Waals surface area contributed by atoms with Crippen LogP contribution in [0.1, 0.15) is 49.9 Å². The maximum absolute atomic E-state index is 12.6. The standard InChI is InChI=1S/C22H27BrN2O3S/c1-3-5-6-7-14-28-18-11-9-17(10-12-18)24-22(29)25-21(26)19-15-16(23)8-13-20(19)27-4-2/h8-13,15H,3-7,14H2,1-2H3,(H2,24,25,26,29). The number of thiocarbonyl (C=S) groups is 1. The summed E-state index contributed by atoms with van der Waals surface area (Å²) in [5, 5.41) is 5.91. The summed E-state index contributed by atoms with van der Waals surface area (Å²) in [4.78, 5) is 12.6. The first-order valence-corrected chi connectivity index (χ1v) is 11.0. The van der Waals surface area contributed by atoms with Crippen LogP contribution in [0.2, 0.25) is 0 Å². The van der Waals surface area contributed by atoms with E-state index in [1.165, 1.54) is 19.3 Å². The fourth-order valence-electron chi connectivity index (χ4n) is 2.65. The molecule has 0 bridgehead atoms. The molecule has 2 N–H and O–H groups in total. The highest BCUT2D eigenvalue weighted by Gasteiger charge is 2.14. The number of hydrogen-bond donors (Lipinski definition) is 2. The van der Waals surface area contributed by atoms with Crippen molar-refractivity contribution < 1.29 is 14.3 Å². The van der Waals surface area contributed by atoms with E-state index in [1.807, 2.05) is 37.3 Å². The van der Waals surface area contributed by atoms with Crippen molar-refractivity contribution in [2.45, 2.75) is 39.5 Å². The minimum Gasteiger partial charge on any atom is -0.494 e. The molecule has 0 fully saturated rings. The fourth-order valence-corrected chi connectivity index (χ4v) is 3.22. The lowest BCUT2D eigenvalue weighted by Gasteiger charge is -2.13. The second-order valence-electron chi connectivity index (χ2n) is 6.42. The first-order chi connectivity index (χ1) is 14.0. The molecule has 2 aromatic carbocycles. The largest absolute Gasteiger partial charge is 0.494 e. The number of rotatable bonds is 10. The molecular formula is C22H27BrN2O3S. The molecule has 5 nitrogen and oxygen atoms in total. The maximum Gasteiger partial charge on any atom is 0.261 e. The lowest BCUT2D eigenvalue weighted by molar-refractivity contribution is 0.0974. The smallest absolute Gasteiger partial charge is 0.261 e. The molecule has 0 aliphatic carbocycles. The number of carbonyl (C=O) groups is 1. The Morgan fingerprint density at radius 3 is 2.48 bits per heavy atom. The summed E-state index contributed by atoms with van der Waals surface area (Å²) in [6.07, 6.45) is 4.70. The van der Waals surface area contributed by atoms with Gasteiger partial charge in [-0.25, -0.2) is 0 Å². The van der Waals surface area contributed by atoms with E-state index >= 15 is 0 Å². The Morgan fingerprint density at radius 1 is 1.03 bits per heavy atom. The Labute approximate surface area is 186 Å². The molecule has 2 rings (SSSR count). The molecule has 7 heteroatoms. The second kappa shape index (κ2) is 12.4. The number of halogens is 1. The van der Waals surface area contributed by atoms with Crippen molar-refractivity contribution in [3.63, 3.8) is 0 Å². The molecule has 29 heavy (non-hydrogen) atoms. The van der Waals surface area contributed by atoms with Gasteiger partial charge in [0.15, 0.2) is 5.11 Å². The molecular weight excluding hydrogens is 452 g/mol. The van der Waals surface area contributed by atoms with Crippen LogP contribution in [0, 0.1) is 0 Å². The molecule has 2 aromatic rings. The fraction of sp³-hybridized carbons (Fsp3) is 0.364. The number of anilines is 1. The number of amides is 1. The van der Waals surface area contributed by atoms with Crippen LogP contribution < -0.4 is 20.1 Å². The summed E-state index contributed by atoms with van der Waals surface area (Å²) >= 11 is 8.65. The normalized spacial score (nSPS) is 10.3. The average Bonchev–Trinajstić information content (AvgIpc) is 2.70. The molecule has 1 amide bonds. The van der Waals surface area contributed by atoms with Crippen LogP contribution in [0.15, 0.2) is 46.9 Å². The van der Waals surface area contributed by atoms with Gasteiger partial charge >= 0.3 is 0 Å². The molecule has 0 saturated heterocycles. The van der Waals surface area contributed by atoms with E-state index < -0.39 is 0 Å². The summed E-state index contributed by atoms with van der Waals surface area (Å²) in [7, 11) is 0. The SMILES string of the molecule is CCCCCCOc1ccc(NC(=S)NC(=O)c2cc(Br)ccc2OCC)cc1. The van der Waals surface area contributed by atoms with Crippen LogP contribution in [0.25, 0.3) is 0 Å². The van der Waals surface area contributed by atoms with E-state index in [0.29, 0.717) is 17.9 Å². The Balaban J connectivity index is 1.87. The van der Waals surface area contributed by atoms with Gasteiger partial charge in [0.1, 0.15) is 11.5 Å². The van der Waals surface area contributed by atoms with Gasteiger partial charge in [0, 0.05) is 10.2 Å². The lowest BCUT2D eigenvalue weighted by atomic mass is 10.2. The highest BCUT2D eigenvalue weighted by Crippen LogP contribution is 2.23. The van der Waals surface area contributed by atoms with Crippen molar-refractivity contribution >= 4 is 44.9 Å². The van der Waals surface area contributed by atoms with Gasteiger partial charge in [0.25, 0.3) is 5.91 Å². The Kier molecular flexibility index (Phi) is 9.94. The molecule has 0 atom stereocenters. The molecule has 0 spiro atoms. The Hall–Kier alpha value is -2.12. The van der Waals surface area contributed by atoms with Gasteiger partial charge in [-0.15, -0.1) is 0 Å². The molecule has 0 aliphatic heterocycles. The van der Waals surface area contributed by atoms with E-state index in [-0.39, 0.29) is 11.0 Å². The van der Waals surface area contributed by atoms with Gasteiger partial charge in [-0.2, -0.15) is 0 Å². The van der Waals surface area contributed by atoms with Gasteiger partial charge in [-0.1, -0.05) is 42.1 Å². The first kappa shape index (κ1) is 23.2. The van der Waals surface area contributed by atoms with Crippen LogP contribution >= 0.6 is 28.1 Å². The molecule has 0 aliphatic rings. The quantitative estimate of drug-likeness (QED) is 0.327. The van der Waals surface area contributed by atoms with Gasteiger partial charge in [-0.05, 0) is 68.0 Å². The molecule has 0 saturated carbocycles. The monoisotopic (exact) mass is 478 g/mol. The second-order valence-corrected chi connectivity index (χ2v) is 7.74. The summed E-state index contributed by atoms with van der Waals surface area (Å²) < 4.78 is 12.0. The number of ether oxygens (including phenoxy) is 2. The van der Waals surface area contributed by atoms with Crippen molar-refractivity contribution in [1.29, 1.82) is 0 Å². The predicted octanol–water partition coefficient (Wildman–Crippen LogP) is 5.93. The van der Waals surface area contributed by atoms with Gasteiger partial charge < -0.3 is 14.8 Å². The minimum absolute atomic E-state index is 0.214. The van der Waals surface area contributed by atoms with Crippen LogP contribution in [-0.2, 0) is 0 Å². The number of unbranched alkanes of at least 4 members (excludes halogenated alkanes) is 3. The third-order valence-electron chi connectivity index (χ3n) is 4.09. The molecule has 156 valence electrons. The number of hydrogen-bond acceptors (Lipinski definition) is 4. The highest BCUT2D eigenvalue weighted by molar-refractivity contribution is 9.10. The van der Waals surface area contributed by atoms with E-state index in [9.17, 15) is 4.79 Å². The zero-order chi connectivity index (χ0) is 21.1. The van der Waals surface area contributed by atoms with Crippen LogP contribution in [0.5, 0.6) is 11.5 Å². The van der Waals surface area contributed by atoms with E-state index in [4.69, 9.17) is 21.7 Å². The third kappa shape index (κ3) is 8.03. The summed E-state index contributed by atoms with van der Waals surface area (Å²) in [5.74, 6) is 0.994. The zero-order valence-corrected chi connectivity index (χ0v) is 19.2. The highest BCUT2D eigenvalue weighted by atomic mass is 79.9. The molecule has 0 unspecified atom stereocenters. The van der Waals surface area contributed by atoms with Crippen molar-refractivity contribution in [3.05, 3.63) is 52.5 Å². The predicted molar refractivity (Wildman–Crippen MR) is 125 cm³/mol. The van der Waals surface area contributed by atoms with Gasteiger partial charge in [-0.3, -0.25) is 10.1 Å². The van der Waals surface area contributed by atoms with Crippen molar-refractivity contribution in [2.24, 2.45) is 0 Å². The Morgan fingerprint density at radius 2 is 1.79 bits per heavy atom. The summed E-state index contributed by atoms with van der Waals surface area (Å²) in [6.45, 7) is 5.25. The number of carbonyl (C=O) groups excluding carboxylic acids is 1. The van der Waals surface area contributed by atoms with Gasteiger partial charge in [0.2, 0.25) is 0 Å². The number of benzene rings is 2. The first-order valence-electron chi connectivity index (χ1n) is 9.81. The topological polar surface area (TPSA) is 59.6 Å². The van der Waals surface area contributed by atoms with Crippen molar-refractivity contribution in [1.82, 2.24) is 5.32 Å². The van der Waals surface area contributed by atoms with Crippen LogP contribution in [-0.4, -0.2) is 24.2 Å². The summed E-state index contributed by atoms with van der Waals surface area (Å²) in [5.41, 5.74) is 1.19. The van der Waals surface area contributed by atoms with Crippen molar-refractivity contribution in [2.75, 3.05) is 18.5 Å².